The summed E-state index contributed by atoms with van der Waals surface area (Å²) in [7, 11) is 1.89. The van der Waals surface area contributed by atoms with Crippen molar-refractivity contribution in [2.45, 2.75) is 18.8 Å². The Bertz CT molecular complexity index is 810. The first-order valence-corrected chi connectivity index (χ1v) is 7.81. The van der Waals surface area contributed by atoms with Crippen LogP contribution in [0, 0.1) is 0 Å². The van der Waals surface area contributed by atoms with Gasteiger partial charge in [0, 0.05) is 31.2 Å². The fourth-order valence-electron chi connectivity index (χ4n) is 2.82. The third-order valence-corrected chi connectivity index (χ3v) is 4.05. The van der Waals surface area contributed by atoms with Gasteiger partial charge in [-0.05, 0) is 35.1 Å². The normalized spacial score (nSPS) is 12.0. The number of aryl methyl sites for hydroxylation is 1. The second-order valence-electron chi connectivity index (χ2n) is 5.88. The summed E-state index contributed by atoms with van der Waals surface area (Å²) in [5.41, 5.74) is 4.23. The molecule has 3 rings (SSSR count). The summed E-state index contributed by atoms with van der Waals surface area (Å²) >= 11 is 0. The van der Waals surface area contributed by atoms with Gasteiger partial charge in [-0.15, -0.1) is 0 Å². The summed E-state index contributed by atoms with van der Waals surface area (Å²) in [5.74, 6) is -0.878. The van der Waals surface area contributed by atoms with Gasteiger partial charge in [0.15, 0.2) is 0 Å². The van der Waals surface area contributed by atoms with E-state index in [9.17, 15) is 9.90 Å². The average molecular weight is 321 g/mol. The van der Waals surface area contributed by atoms with Crippen molar-refractivity contribution < 1.29 is 9.90 Å². The standard InChI is InChI=1S/C19H19N3O2/c1-22-13-18(12-21-22)15-6-4-14(5-7-15)9-17(10-19(23)24)16-3-2-8-20-11-16/h2-8,11-13,17H,9-10H2,1H3,(H,23,24). The summed E-state index contributed by atoms with van der Waals surface area (Å²) in [4.78, 5) is 15.3. The SMILES string of the molecule is Cn1cc(-c2ccc(CC(CC(=O)O)c3cccnc3)cc2)cn1. The van der Waals surface area contributed by atoms with Gasteiger partial charge < -0.3 is 5.11 Å². The van der Waals surface area contributed by atoms with Gasteiger partial charge in [-0.25, -0.2) is 0 Å². The zero-order valence-electron chi connectivity index (χ0n) is 13.5. The third kappa shape index (κ3) is 3.87. The molecule has 1 atom stereocenters. The molecule has 0 saturated heterocycles. The molecule has 2 aromatic heterocycles. The highest BCUT2D eigenvalue weighted by atomic mass is 16.4. The van der Waals surface area contributed by atoms with Crippen LogP contribution in [0.1, 0.15) is 23.5 Å². The maximum atomic E-state index is 11.2. The molecule has 1 unspecified atom stereocenters. The molecule has 0 aliphatic rings. The molecule has 0 amide bonds. The van der Waals surface area contributed by atoms with Gasteiger partial charge in [0.2, 0.25) is 0 Å². The monoisotopic (exact) mass is 321 g/mol. The number of aromatic nitrogens is 3. The summed E-state index contributed by atoms with van der Waals surface area (Å²) in [6.45, 7) is 0. The molecule has 24 heavy (non-hydrogen) atoms. The summed E-state index contributed by atoms with van der Waals surface area (Å²) in [6.07, 6.45) is 8.01. The van der Waals surface area contributed by atoms with Crippen molar-refractivity contribution in [1.82, 2.24) is 14.8 Å². The first-order valence-electron chi connectivity index (χ1n) is 7.81. The molecule has 0 aliphatic heterocycles. The summed E-state index contributed by atoms with van der Waals surface area (Å²) in [6, 6.07) is 12.0. The predicted octanol–water partition coefficient (Wildman–Crippen LogP) is 3.28. The maximum absolute atomic E-state index is 11.2. The molecule has 3 aromatic rings. The second kappa shape index (κ2) is 7.08. The Hall–Kier alpha value is -2.95. The smallest absolute Gasteiger partial charge is 0.303 e. The Labute approximate surface area is 140 Å². The Morgan fingerprint density at radius 2 is 1.96 bits per heavy atom. The molecule has 0 aliphatic carbocycles. The molecule has 2 heterocycles. The lowest BCUT2D eigenvalue weighted by atomic mass is 9.90. The topological polar surface area (TPSA) is 68.0 Å². The van der Waals surface area contributed by atoms with Gasteiger partial charge >= 0.3 is 5.97 Å². The Morgan fingerprint density at radius 3 is 2.54 bits per heavy atom. The highest BCUT2D eigenvalue weighted by Gasteiger charge is 2.16. The van der Waals surface area contributed by atoms with E-state index in [-0.39, 0.29) is 12.3 Å². The molecular weight excluding hydrogens is 302 g/mol. The minimum Gasteiger partial charge on any atom is -0.481 e. The second-order valence-corrected chi connectivity index (χ2v) is 5.88. The molecule has 122 valence electrons. The highest BCUT2D eigenvalue weighted by molar-refractivity contribution is 5.68. The van der Waals surface area contributed by atoms with Gasteiger partial charge in [0.05, 0.1) is 12.6 Å². The minimum absolute atomic E-state index is 0.0829. The van der Waals surface area contributed by atoms with Crippen molar-refractivity contribution in [3.8, 4) is 11.1 Å². The Morgan fingerprint density at radius 1 is 1.17 bits per heavy atom. The number of rotatable bonds is 6. The van der Waals surface area contributed by atoms with Crippen molar-refractivity contribution in [1.29, 1.82) is 0 Å². The van der Waals surface area contributed by atoms with Crippen molar-refractivity contribution in [3.63, 3.8) is 0 Å². The van der Waals surface area contributed by atoms with Gasteiger partial charge in [0.25, 0.3) is 0 Å². The van der Waals surface area contributed by atoms with E-state index >= 15 is 0 Å². The minimum atomic E-state index is -0.796. The van der Waals surface area contributed by atoms with E-state index in [1.807, 2.05) is 55.8 Å². The van der Waals surface area contributed by atoms with Gasteiger partial charge in [0.1, 0.15) is 0 Å². The quantitative estimate of drug-likeness (QED) is 0.756. The molecule has 0 saturated carbocycles. The number of benzene rings is 1. The molecule has 5 nitrogen and oxygen atoms in total. The lowest BCUT2D eigenvalue weighted by molar-refractivity contribution is -0.137. The fourth-order valence-corrected chi connectivity index (χ4v) is 2.82. The lowest BCUT2D eigenvalue weighted by Gasteiger charge is -2.15. The molecule has 0 bridgehead atoms. The number of carboxylic acids is 1. The molecular formula is C19H19N3O2. The van der Waals surface area contributed by atoms with Crippen molar-refractivity contribution in [2.24, 2.45) is 7.05 Å². The van der Waals surface area contributed by atoms with Crippen LogP contribution in [-0.2, 0) is 18.3 Å². The van der Waals surface area contributed by atoms with E-state index in [1.165, 1.54) is 0 Å². The predicted molar refractivity (Wildman–Crippen MR) is 91.6 cm³/mol. The average Bonchev–Trinajstić information content (AvgIpc) is 3.02. The number of carbonyl (C=O) groups is 1. The number of aliphatic carboxylic acids is 1. The third-order valence-electron chi connectivity index (χ3n) is 4.05. The molecule has 0 fully saturated rings. The zero-order chi connectivity index (χ0) is 16.9. The van der Waals surface area contributed by atoms with Gasteiger partial charge in [-0.3, -0.25) is 14.5 Å². The van der Waals surface area contributed by atoms with Crippen LogP contribution in [0.5, 0.6) is 0 Å². The molecule has 0 radical (unpaired) electrons. The molecule has 5 heteroatoms. The Balaban J connectivity index is 1.78. The number of hydrogen-bond donors (Lipinski definition) is 1. The van der Waals surface area contributed by atoms with Crippen LogP contribution >= 0.6 is 0 Å². The van der Waals surface area contributed by atoms with Crippen molar-refractivity contribution in [3.05, 3.63) is 72.3 Å². The first kappa shape index (κ1) is 15.9. The maximum Gasteiger partial charge on any atom is 0.303 e. The van der Waals surface area contributed by atoms with E-state index in [0.717, 1.165) is 22.3 Å². The zero-order valence-corrected chi connectivity index (χ0v) is 13.5. The van der Waals surface area contributed by atoms with E-state index < -0.39 is 5.97 Å². The Kier molecular flexibility index (Phi) is 4.70. The molecule has 1 N–H and O–H groups in total. The molecule has 1 aromatic carbocycles. The van der Waals surface area contributed by atoms with Crippen LogP contribution in [-0.4, -0.2) is 25.8 Å². The fraction of sp³-hybridized carbons (Fsp3) is 0.211. The van der Waals surface area contributed by atoms with Gasteiger partial charge in [-0.2, -0.15) is 5.10 Å². The van der Waals surface area contributed by atoms with Crippen LogP contribution in [0.25, 0.3) is 11.1 Å². The van der Waals surface area contributed by atoms with E-state index in [0.29, 0.717) is 6.42 Å². The van der Waals surface area contributed by atoms with Crippen molar-refractivity contribution >= 4 is 5.97 Å². The van der Waals surface area contributed by atoms with E-state index in [1.54, 1.807) is 17.1 Å². The van der Waals surface area contributed by atoms with Crippen LogP contribution < -0.4 is 0 Å². The van der Waals surface area contributed by atoms with Crippen LogP contribution in [0.3, 0.4) is 0 Å². The van der Waals surface area contributed by atoms with Crippen molar-refractivity contribution in [2.75, 3.05) is 0 Å². The largest absolute Gasteiger partial charge is 0.481 e. The highest BCUT2D eigenvalue weighted by Crippen LogP contribution is 2.25. The summed E-state index contributed by atoms with van der Waals surface area (Å²) in [5, 5.41) is 13.4. The van der Waals surface area contributed by atoms with Crippen LogP contribution in [0.4, 0.5) is 0 Å². The summed E-state index contributed by atoms with van der Waals surface area (Å²) < 4.78 is 1.77. The number of carboxylic acid groups (broad SMARTS) is 1. The number of nitrogens with zero attached hydrogens (tertiary/aromatic N) is 3. The van der Waals surface area contributed by atoms with Crippen LogP contribution in [0.2, 0.25) is 0 Å². The number of pyridine rings is 1. The first-order chi connectivity index (χ1) is 11.6. The molecule has 0 spiro atoms. The van der Waals surface area contributed by atoms with E-state index in [4.69, 9.17) is 0 Å². The van der Waals surface area contributed by atoms with Gasteiger partial charge in [-0.1, -0.05) is 30.3 Å². The number of hydrogen-bond acceptors (Lipinski definition) is 3. The van der Waals surface area contributed by atoms with Crippen LogP contribution in [0.15, 0.2) is 61.2 Å². The lowest BCUT2D eigenvalue weighted by Crippen LogP contribution is -2.09. The van der Waals surface area contributed by atoms with E-state index in [2.05, 4.69) is 10.1 Å².